The number of hydrogen-bond acceptors (Lipinski definition) is 1. The van der Waals surface area contributed by atoms with Crippen molar-refractivity contribution in [2.75, 3.05) is 13.8 Å². The Balaban J connectivity index is 2.03. The lowest BCUT2D eigenvalue weighted by atomic mass is 10.2. The van der Waals surface area contributed by atoms with Crippen LogP contribution in [0.25, 0.3) is 23.1 Å². The van der Waals surface area contributed by atoms with Gasteiger partial charge < -0.3 is 9.30 Å². The number of halogens is 1. The van der Waals surface area contributed by atoms with Gasteiger partial charge in [-0.1, -0.05) is 36.4 Å². The third kappa shape index (κ3) is 2.89. The first-order valence-electron chi connectivity index (χ1n) is 7.28. The number of alkyl halides is 1. The average Bonchev–Trinajstić information content (AvgIpc) is 2.91. The van der Waals surface area contributed by atoms with E-state index in [4.69, 9.17) is 4.74 Å². The number of aryl methyl sites for hydroxylation is 1. The van der Waals surface area contributed by atoms with E-state index in [0.29, 0.717) is 6.54 Å². The van der Waals surface area contributed by atoms with Gasteiger partial charge in [0.05, 0.1) is 13.7 Å². The Bertz CT molecular complexity index is 790. The molecule has 0 unspecified atom stereocenters. The third-order valence-electron chi connectivity index (χ3n) is 3.69. The molecule has 22 heavy (non-hydrogen) atoms. The number of benzene rings is 2. The summed E-state index contributed by atoms with van der Waals surface area (Å²) >= 11 is 0. The van der Waals surface area contributed by atoms with E-state index >= 15 is 0 Å². The van der Waals surface area contributed by atoms with Gasteiger partial charge in [0.15, 0.2) is 0 Å². The molecular formula is C19H18FNO. The highest BCUT2D eigenvalue weighted by atomic mass is 19.1. The van der Waals surface area contributed by atoms with Crippen LogP contribution in [0.1, 0.15) is 11.3 Å². The number of ether oxygens (including phenoxy) is 1. The highest BCUT2D eigenvalue weighted by Gasteiger charge is 2.07. The highest BCUT2D eigenvalue weighted by Crippen LogP contribution is 2.26. The van der Waals surface area contributed by atoms with Gasteiger partial charge in [0, 0.05) is 16.6 Å². The van der Waals surface area contributed by atoms with Gasteiger partial charge in [0.1, 0.15) is 12.4 Å². The molecule has 1 aromatic heterocycles. The van der Waals surface area contributed by atoms with E-state index in [2.05, 4.69) is 6.07 Å². The molecule has 0 saturated carbocycles. The van der Waals surface area contributed by atoms with E-state index in [1.54, 1.807) is 7.11 Å². The molecule has 0 atom stereocenters. The van der Waals surface area contributed by atoms with Crippen molar-refractivity contribution in [1.82, 2.24) is 4.57 Å². The van der Waals surface area contributed by atoms with Gasteiger partial charge in [-0.25, -0.2) is 4.39 Å². The summed E-state index contributed by atoms with van der Waals surface area (Å²) in [5.74, 6) is 0.809. The molecule has 0 saturated heterocycles. The summed E-state index contributed by atoms with van der Waals surface area (Å²) in [4.78, 5) is 0. The van der Waals surface area contributed by atoms with Crippen molar-refractivity contribution in [2.24, 2.45) is 0 Å². The quantitative estimate of drug-likeness (QED) is 0.660. The first-order chi connectivity index (χ1) is 10.8. The predicted octanol–water partition coefficient (Wildman–Crippen LogP) is 4.79. The second-order valence-corrected chi connectivity index (χ2v) is 5.08. The lowest BCUT2D eigenvalue weighted by Crippen LogP contribution is -2.01. The van der Waals surface area contributed by atoms with Gasteiger partial charge in [-0.15, -0.1) is 0 Å². The number of rotatable bonds is 5. The van der Waals surface area contributed by atoms with Crippen molar-refractivity contribution in [3.05, 3.63) is 65.9 Å². The highest BCUT2D eigenvalue weighted by molar-refractivity contribution is 5.86. The van der Waals surface area contributed by atoms with Gasteiger partial charge in [0.2, 0.25) is 0 Å². The minimum Gasteiger partial charge on any atom is -0.497 e. The van der Waals surface area contributed by atoms with Crippen molar-refractivity contribution in [1.29, 1.82) is 0 Å². The first-order valence-corrected chi connectivity index (χ1v) is 7.28. The summed E-state index contributed by atoms with van der Waals surface area (Å²) < 4.78 is 20.2. The molecule has 0 radical (unpaired) electrons. The fraction of sp³-hybridized carbons (Fsp3) is 0.158. The van der Waals surface area contributed by atoms with Gasteiger partial charge in [-0.2, -0.15) is 0 Å². The van der Waals surface area contributed by atoms with Gasteiger partial charge in [-0.3, -0.25) is 0 Å². The molecule has 3 aromatic rings. The van der Waals surface area contributed by atoms with Crippen LogP contribution in [-0.2, 0) is 6.54 Å². The van der Waals surface area contributed by atoms with Crippen molar-refractivity contribution >= 4 is 23.1 Å². The zero-order valence-electron chi connectivity index (χ0n) is 12.5. The maximum atomic E-state index is 12.9. The summed E-state index contributed by atoms with van der Waals surface area (Å²) in [6.07, 6.45) is 4.07. The minimum absolute atomic E-state index is 0.351. The van der Waals surface area contributed by atoms with Crippen LogP contribution in [0, 0.1) is 0 Å². The maximum absolute atomic E-state index is 12.9. The van der Waals surface area contributed by atoms with E-state index < -0.39 is 0 Å². The van der Waals surface area contributed by atoms with Crippen molar-refractivity contribution in [2.45, 2.75) is 6.54 Å². The number of fused-ring (bicyclic) bond motifs is 1. The maximum Gasteiger partial charge on any atom is 0.119 e. The van der Waals surface area contributed by atoms with E-state index in [1.807, 2.05) is 65.3 Å². The Labute approximate surface area is 129 Å². The molecule has 1 heterocycles. The second kappa shape index (κ2) is 6.48. The van der Waals surface area contributed by atoms with Crippen LogP contribution in [0.5, 0.6) is 5.75 Å². The first kappa shape index (κ1) is 14.4. The molecule has 0 bridgehead atoms. The molecule has 0 N–H and O–H groups in total. The SMILES string of the molecule is COc1ccc2c(c1)cc(C=Cc1ccccc1)n2CCF. The molecule has 0 aliphatic rings. The van der Waals surface area contributed by atoms with Crippen LogP contribution in [0.15, 0.2) is 54.6 Å². The van der Waals surface area contributed by atoms with Crippen molar-refractivity contribution in [3.63, 3.8) is 0 Å². The van der Waals surface area contributed by atoms with E-state index in [-0.39, 0.29) is 6.67 Å². The average molecular weight is 295 g/mol. The molecule has 0 aliphatic heterocycles. The molecule has 3 heteroatoms. The van der Waals surface area contributed by atoms with Crippen molar-refractivity contribution in [3.8, 4) is 5.75 Å². The fourth-order valence-electron chi connectivity index (χ4n) is 2.62. The fourth-order valence-corrected chi connectivity index (χ4v) is 2.62. The molecule has 3 rings (SSSR count). The van der Waals surface area contributed by atoms with Gasteiger partial charge in [-0.05, 0) is 35.9 Å². The normalized spacial score (nSPS) is 11.4. The van der Waals surface area contributed by atoms with Crippen LogP contribution in [-0.4, -0.2) is 18.4 Å². The topological polar surface area (TPSA) is 14.2 Å². The molecule has 0 fully saturated rings. The third-order valence-corrected chi connectivity index (χ3v) is 3.69. The number of aromatic nitrogens is 1. The van der Waals surface area contributed by atoms with Crippen LogP contribution in [0.4, 0.5) is 4.39 Å². The Hall–Kier alpha value is -2.55. The lowest BCUT2D eigenvalue weighted by molar-refractivity contribution is 0.415. The Morgan fingerprint density at radius 2 is 1.86 bits per heavy atom. The molecule has 2 nitrogen and oxygen atoms in total. The van der Waals surface area contributed by atoms with Crippen molar-refractivity contribution < 1.29 is 9.13 Å². The van der Waals surface area contributed by atoms with Gasteiger partial charge >= 0.3 is 0 Å². The largest absolute Gasteiger partial charge is 0.497 e. The van der Waals surface area contributed by atoms with Crippen LogP contribution < -0.4 is 4.74 Å². The Morgan fingerprint density at radius 3 is 2.59 bits per heavy atom. The zero-order chi connectivity index (χ0) is 15.4. The number of nitrogens with zero attached hydrogens (tertiary/aromatic N) is 1. The second-order valence-electron chi connectivity index (χ2n) is 5.08. The van der Waals surface area contributed by atoms with Crippen LogP contribution in [0.2, 0.25) is 0 Å². The number of methoxy groups -OCH3 is 1. The summed E-state index contributed by atoms with van der Waals surface area (Å²) in [5, 5.41) is 1.06. The van der Waals surface area contributed by atoms with Crippen LogP contribution in [0.3, 0.4) is 0 Å². The monoisotopic (exact) mass is 295 g/mol. The summed E-state index contributed by atoms with van der Waals surface area (Å²) in [6, 6.07) is 18.0. The predicted molar refractivity (Wildman–Crippen MR) is 89.8 cm³/mol. The summed E-state index contributed by atoms with van der Waals surface area (Å²) in [6.45, 7) is -0.0354. The standard InChI is InChI=1S/C19H18FNO/c1-22-18-9-10-19-16(14-18)13-17(21(19)12-11-20)8-7-15-5-3-2-4-6-15/h2-10,13-14H,11-12H2,1H3. The smallest absolute Gasteiger partial charge is 0.119 e. The molecule has 0 amide bonds. The zero-order valence-corrected chi connectivity index (χ0v) is 12.5. The van der Waals surface area contributed by atoms with E-state index in [0.717, 1.165) is 27.9 Å². The Morgan fingerprint density at radius 1 is 1.05 bits per heavy atom. The number of hydrogen-bond donors (Lipinski definition) is 0. The summed E-state index contributed by atoms with van der Waals surface area (Å²) in [5.41, 5.74) is 3.13. The molecule has 112 valence electrons. The van der Waals surface area contributed by atoms with Gasteiger partial charge in [0.25, 0.3) is 0 Å². The van der Waals surface area contributed by atoms with E-state index in [9.17, 15) is 4.39 Å². The Kier molecular flexibility index (Phi) is 4.24. The van der Waals surface area contributed by atoms with Crippen LogP contribution >= 0.6 is 0 Å². The molecule has 2 aromatic carbocycles. The molecular weight excluding hydrogens is 277 g/mol. The van der Waals surface area contributed by atoms with E-state index in [1.165, 1.54) is 0 Å². The lowest BCUT2D eigenvalue weighted by Gasteiger charge is -2.06. The summed E-state index contributed by atoms with van der Waals surface area (Å²) in [7, 11) is 1.65. The minimum atomic E-state index is -0.387. The molecule has 0 aliphatic carbocycles. The molecule has 0 spiro atoms.